The quantitative estimate of drug-likeness (QED) is 0.755. The molecule has 1 unspecified atom stereocenters. The fraction of sp³-hybridized carbons (Fsp3) is 0.583. The highest BCUT2D eigenvalue weighted by atomic mass is 127. The van der Waals surface area contributed by atoms with Gasteiger partial charge in [-0.25, -0.2) is 0 Å². The zero-order valence-corrected chi connectivity index (χ0v) is 13.0. The zero-order chi connectivity index (χ0) is 12.5. The summed E-state index contributed by atoms with van der Waals surface area (Å²) in [4.78, 5) is 14.2. The molecule has 17 heavy (non-hydrogen) atoms. The van der Waals surface area contributed by atoms with Crippen molar-refractivity contribution >= 4 is 39.8 Å². The highest BCUT2D eigenvalue weighted by Gasteiger charge is 2.33. The van der Waals surface area contributed by atoms with Crippen molar-refractivity contribution < 1.29 is 9.53 Å². The molecule has 1 fully saturated rings. The number of carbonyl (C=O) groups excluding carboxylic acids is 1. The second-order valence-electron chi connectivity index (χ2n) is 4.62. The summed E-state index contributed by atoms with van der Waals surface area (Å²) < 4.78 is 6.66. The molecule has 5 heteroatoms. The zero-order valence-electron chi connectivity index (χ0n) is 10.0. The van der Waals surface area contributed by atoms with Crippen molar-refractivity contribution in [2.24, 2.45) is 0 Å². The van der Waals surface area contributed by atoms with Crippen molar-refractivity contribution in [3.63, 3.8) is 0 Å². The van der Waals surface area contributed by atoms with E-state index >= 15 is 0 Å². The predicted octanol–water partition coefficient (Wildman–Crippen LogP) is 2.99. The SMILES string of the molecule is COC1(C)CCCN(C(=O)c2csc(I)c2)C1. The largest absolute Gasteiger partial charge is 0.377 e. The van der Waals surface area contributed by atoms with Gasteiger partial charge < -0.3 is 9.64 Å². The van der Waals surface area contributed by atoms with Gasteiger partial charge in [-0.15, -0.1) is 11.3 Å². The number of piperidine rings is 1. The van der Waals surface area contributed by atoms with Gasteiger partial charge in [-0.05, 0) is 48.4 Å². The number of thiophene rings is 1. The third-order valence-corrected chi connectivity index (χ3v) is 5.04. The Balaban J connectivity index is 2.10. The Bertz CT molecular complexity index is 420. The first-order chi connectivity index (χ1) is 8.04. The molecule has 0 aliphatic carbocycles. The molecule has 0 bridgehead atoms. The fourth-order valence-corrected chi connectivity index (χ4v) is 3.47. The van der Waals surface area contributed by atoms with Crippen LogP contribution in [0.2, 0.25) is 0 Å². The van der Waals surface area contributed by atoms with E-state index in [-0.39, 0.29) is 11.5 Å². The van der Waals surface area contributed by atoms with Gasteiger partial charge in [0.2, 0.25) is 0 Å². The average Bonchev–Trinajstić information content (AvgIpc) is 2.75. The summed E-state index contributed by atoms with van der Waals surface area (Å²) in [5.41, 5.74) is 0.622. The standard InChI is InChI=1S/C12H16INO2S/c1-12(16-2)4-3-5-14(8-12)11(15)9-6-10(13)17-7-9/h6-7H,3-5,8H2,1-2H3. The summed E-state index contributed by atoms with van der Waals surface area (Å²) >= 11 is 3.85. The van der Waals surface area contributed by atoms with Crippen LogP contribution in [0.1, 0.15) is 30.1 Å². The molecule has 0 aromatic carbocycles. The van der Waals surface area contributed by atoms with Gasteiger partial charge in [-0.2, -0.15) is 0 Å². The van der Waals surface area contributed by atoms with Crippen LogP contribution in [0.3, 0.4) is 0 Å². The Morgan fingerprint density at radius 3 is 3.00 bits per heavy atom. The summed E-state index contributed by atoms with van der Waals surface area (Å²) in [6.45, 7) is 3.60. The van der Waals surface area contributed by atoms with Crippen molar-refractivity contribution in [3.05, 3.63) is 19.9 Å². The van der Waals surface area contributed by atoms with Crippen LogP contribution in [0.5, 0.6) is 0 Å². The molecule has 1 aliphatic rings. The normalized spacial score (nSPS) is 25.0. The van der Waals surface area contributed by atoms with E-state index in [0.717, 1.165) is 27.8 Å². The molecule has 0 radical (unpaired) electrons. The molecule has 0 saturated carbocycles. The van der Waals surface area contributed by atoms with Crippen molar-refractivity contribution in [2.75, 3.05) is 20.2 Å². The number of carbonyl (C=O) groups is 1. The van der Waals surface area contributed by atoms with E-state index < -0.39 is 0 Å². The highest BCUT2D eigenvalue weighted by molar-refractivity contribution is 14.1. The minimum Gasteiger partial charge on any atom is -0.377 e. The first-order valence-corrected chi connectivity index (χ1v) is 7.58. The Morgan fingerprint density at radius 1 is 1.65 bits per heavy atom. The van der Waals surface area contributed by atoms with E-state index in [1.807, 2.05) is 16.3 Å². The molecule has 1 aliphatic heterocycles. The monoisotopic (exact) mass is 365 g/mol. The number of hydrogen-bond donors (Lipinski definition) is 0. The molecule has 94 valence electrons. The minimum absolute atomic E-state index is 0.132. The number of ether oxygens (including phenoxy) is 1. The van der Waals surface area contributed by atoms with E-state index in [2.05, 4.69) is 29.5 Å². The van der Waals surface area contributed by atoms with Crippen LogP contribution in [0.25, 0.3) is 0 Å². The molecule has 0 N–H and O–H groups in total. The van der Waals surface area contributed by atoms with Gasteiger partial charge in [0.05, 0.1) is 14.0 Å². The molecular weight excluding hydrogens is 349 g/mol. The molecule has 1 aromatic heterocycles. The maximum absolute atomic E-state index is 12.3. The lowest BCUT2D eigenvalue weighted by molar-refractivity contribution is -0.0440. The van der Waals surface area contributed by atoms with Gasteiger partial charge in [0, 0.05) is 25.6 Å². The number of nitrogens with zero attached hydrogens (tertiary/aromatic N) is 1. The molecule has 0 spiro atoms. The minimum atomic E-state index is -0.183. The summed E-state index contributed by atoms with van der Waals surface area (Å²) in [5, 5.41) is 1.93. The third-order valence-electron chi connectivity index (χ3n) is 3.25. The topological polar surface area (TPSA) is 29.5 Å². The lowest BCUT2D eigenvalue weighted by atomic mass is 9.94. The van der Waals surface area contributed by atoms with E-state index in [9.17, 15) is 4.79 Å². The molecule has 1 aromatic rings. The van der Waals surface area contributed by atoms with E-state index in [0.29, 0.717) is 6.54 Å². The molecule has 1 atom stereocenters. The Kier molecular flexibility index (Phi) is 4.10. The van der Waals surface area contributed by atoms with E-state index in [1.165, 1.54) is 0 Å². The maximum atomic E-state index is 12.3. The summed E-state index contributed by atoms with van der Waals surface area (Å²) in [7, 11) is 1.72. The van der Waals surface area contributed by atoms with Crippen molar-refractivity contribution in [3.8, 4) is 0 Å². The fourth-order valence-electron chi connectivity index (χ4n) is 2.15. The van der Waals surface area contributed by atoms with Gasteiger partial charge >= 0.3 is 0 Å². The number of halogens is 1. The predicted molar refractivity (Wildman–Crippen MR) is 77.6 cm³/mol. The first-order valence-electron chi connectivity index (χ1n) is 5.62. The van der Waals surface area contributed by atoms with Gasteiger partial charge in [-0.1, -0.05) is 0 Å². The van der Waals surface area contributed by atoms with Crippen molar-refractivity contribution in [2.45, 2.75) is 25.4 Å². The van der Waals surface area contributed by atoms with Crippen molar-refractivity contribution in [1.82, 2.24) is 4.90 Å². The Morgan fingerprint density at radius 2 is 2.41 bits per heavy atom. The highest BCUT2D eigenvalue weighted by Crippen LogP contribution is 2.26. The summed E-state index contributed by atoms with van der Waals surface area (Å²) in [5.74, 6) is 0.132. The molecular formula is C12H16INO2S. The van der Waals surface area contributed by atoms with Crippen LogP contribution in [0, 0.1) is 2.88 Å². The van der Waals surface area contributed by atoms with Crippen molar-refractivity contribution in [1.29, 1.82) is 0 Å². The number of likely N-dealkylation sites (tertiary alicyclic amines) is 1. The summed E-state index contributed by atoms with van der Waals surface area (Å²) in [6.07, 6.45) is 2.03. The molecule has 3 nitrogen and oxygen atoms in total. The summed E-state index contributed by atoms with van der Waals surface area (Å²) in [6, 6.07) is 1.95. The van der Waals surface area contributed by atoms with Gasteiger partial charge in [0.25, 0.3) is 5.91 Å². The molecule has 1 saturated heterocycles. The first kappa shape index (κ1) is 13.3. The lowest BCUT2D eigenvalue weighted by Crippen LogP contribution is -2.49. The number of amides is 1. The second-order valence-corrected chi connectivity index (χ2v) is 7.43. The molecule has 1 amide bonds. The Hall–Kier alpha value is -0.140. The van der Waals surface area contributed by atoms with E-state index in [1.54, 1.807) is 18.4 Å². The molecule has 2 rings (SSSR count). The van der Waals surface area contributed by atoms with Gasteiger partial charge in [0.1, 0.15) is 0 Å². The van der Waals surface area contributed by atoms with Crippen LogP contribution in [0.4, 0.5) is 0 Å². The Labute approximate surface area is 119 Å². The average molecular weight is 365 g/mol. The van der Waals surface area contributed by atoms with Crippen LogP contribution in [-0.4, -0.2) is 36.6 Å². The molecule has 2 heterocycles. The smallest absolute Gasteiger partial charge is 0.254 e. The van der Waals surface area contributed by atoms with Gasteiger partial charge in [-0.3, -0.25) is 4.79 Å². The number of methoxy groups -OCH3 is 1. The second kappa shape index (κ2) is 5.24. The van der Waals surface area contributed by atoms with Crippen LogP contribution >= 0.6 is 33.9 Å². The van der Waals surface area contributed by atoms with E-state index in [4.69, 9.17) is 4.74 Å². The van der Waals surface area contributed by atoms with Crippen LogP contribution < -0.4 is 0 Å². The lowest BCUT2D eigenvalue weighted by Gasteiger charge is -2.39. The van der Waals surface area contributed by atoms with Gasteiger partial charge in [0.15, 0.2) is 0 Å². The van der Waals surface area contributed by atoms with Crippen LogP contribution in [-0.2, 0) is 4.74 Å². The van der Waals surface area contributed by atoms with Crippen LogP contribution in [0.15, 0.2) is 11.4 Å². The third kappa shape index (κ3) is 3.00. The number of hydrogen-bond acceptors (Lipinski definition) is 3. The maximum Gasteiger partial charge on any atom is 0.254 e. The number of rotatable bonds is 2.